The highest BCUT2D eigenvalue weighted by Gasteiger charge is 2.41. The number of fused-ring (bicyclic) bond motifs is 1. The van der Waals surface area contributed by atoms with Gasteiger partial charge in [0.1, 0.15) is 24.4 Å². The minimum Gasteiger partial charge on any atom is -0.497 e. The lowest BCUT2D eigenvalue weighted by atomic mass is 9.73. The molecule has 0 aliphatic carbocycles. The summed E-state index contributed by atoms with van der Waals surface area (Å²) in [6, 6.07) is 6.39. The summed E-state index contributed by atoms with van der Waals surface area (Å²) in [4.78, 5) is 18.9. The third kappa shape index (κ3) is 6.50. The number of nitrogens with one attached hydrogen (secondary N) is 1. The molecule has 2 aromatic carbocycles. The molecule has 4 rings (SSSR count). The van der Waals surface area contributed by atoms with E-state index in [2.05, 4.69) is 4.98 Å². The van der Waals surface area contributed by atoms with Crippen LogP contribution in [0.1, 0.15) is 43.0 Å². The van der Waals surface area contributed by atoms with E-state index in [-0.39, 0.29) is 28.9 Å². The molecule has 0 saturated carbocycles. The van der Waals surface area contributed by atoms with Gasteiger partial charge in [-0.1, -0.05) is 0 Å². The summed E-state index contributed by atoms with van der Waals surface area (Å²) in [5.74, 6) is -2.98. The van der Waals surface area contributed by atoms with Crippen LogP contribution in [0.25, 0.3) is 10.9 Å². The highest BCUT2D eigenvalue weighted by molar-refractivity contribution is 7.99. The maximum atomic E-state index is 15.8. The third-order valence-electron chi connectivity index (χ3n) is 7.55. The number of benzene rings is 2. The van der Waals surface area contributed by atoms with Crippen LogP contribution in [0.4, 0.5) is 22.0 Å². The van der Waals surface area contributed by atoms with Crippen molar-refractivity contribution in [3.63, 3.8) is 0 Å². The second-order valence-electron chi connectivity index (χ2n) is 9.83. The van der Waals surface area contributed by atoms with E-state index < -0.39 is 41.6 Å². The Morgan fingerprint density at radius 3 is 2.65 bits per heavy atom. The zero-order valence-corrected chi connectivity index (χ0v) is 22.7. The fourth-order valence-corrected chi connectivity index (χ4v) is 6.21. The van der Waals surface area contributed by atoms with Gasteiger partial charge in [-0.25, -0.2) is 27.4 Å². The van der Waals surface area contributed by atoms with Crippen molar-refractivity contribution in [1.29, 1.82) is 0 Å². The molecule has 1 atom stereocenters. The second-order valence-corrected chi connectivity index (χ2v) is 11.0. The van der Waals surface area contributed by atoms with Gasteiger partial charge in [-0.15, -0.1) is 11.8 Å². The van der Waals surface area contributed by atoms with Crippen LogP contribution in [-0.2, 0) is 11.5 Å². The second kappa shape index (κ2) is 13.1. The molecule has 2 heterocycles. The summed E-state index contributed by atoms with van der Waals surface area (Å²) in [6.45, 7) is 0.443. The smallest absolute Gasteiger partial charge is 0.249 e. The molecular formula is C28H30F5N3O3S. The van der Waals surface area contributed by atoms with E-state index in [4.69, 9.17) is 4.74 Å². The molecule has 40 heavy (non-hydrogen) atoms. The fourth-order valence-electron chi connectivity index (χ4n) is 5.22. The molecule has 6 nitrogen and oxygen atoms in total. The summed E-state index contributed by atoms with van der Waals surface area (Å²) in [6.07, 6.45) is 0.380. The number of likely N-dealkylation sites (tertiary alicyclic amines) is 1. The Morgan fingerprint density at radius 1 is 1.23 bits per heavy atom. The van der Waals surface area contributed by atoms with Crippen molar-refractivity contribution in [2.45, 2.75) is 43.4 Å². The zero-order chi connectivity index (χ0) is 28.9. The zero-order valence-electron chi connectivity index (χ0n) is 21.9. The van der Waals surface area contributed by atoms with Crippen LogP contribution < -0.4 is 10.2 Å². The molecule has 3 aromatic rings. The van der Waals surface area contributed by atoms with E-state index >= 15 is 4.39 Å². The fraction of sp³-hybridized carbons (Fsp3) is 0.429. The molecule has 1 aromatic heterocycles. The lowest BCUT2D eigenvalue weighted by molar-refractivity contribution is -0.143. The van der Waals surface area contributed by atoms with Gasteiger partial charge >= 0.3 is 0 Å². The molecule has 1 aliphatic rings. The van der Waals surface area contributed by atoms with E-state index in [0.29, 0.717) is 60.9 Å². The topological polar surface area (TPSA) is 74.7 Å². The predicted octanol–water partition coefficient (Wildman–Crippen LogP) is 6.30. The first kappa shape index (κ1) is 30.0. The molecule has 12 heteroatoms. The number of aromatic nitrogens is 1. The Balaban J connectivity index is 1.42. The minimum atomic E-state index is -1.59. The quantitative estimate of drug-likeness (QED) is 0.0908. The Morgan fingerprint density at radius 2 is 1.98 bits per heavy atom. The predicted molar refractivity (Wildman–Crippen MR) is 141 cm³/mol. The lowest BCUT2D eigenvalue weighted by Crippen LogP contribution is -2.48. The maximum absolute atomic E-state index is 15.8. The summed E-state index contributed by atoms with van der Waals surface area (Å²) >= 11 is 0.988. The van der Waals surface area contributed by atoms with Crippen molar-refractivity contribution >= 4 is 28.6 Å². The van der Waals surface area contributed by atoms with E-state index in [1.165, 1.54) is 13.3 Å². The minimum absolute atomic E-state index is 0.0863. The number of piperidine rings is 1. The molecule has 1 fully saturated rings. The number of nitrogens with zero attached hydrogens (tertiary/aromatic N) is 2. The average Bonchev–Trinajstić information content (AvgIpc) is 2.97. The first-order chi connectivity index (χ1) is 19.2. The monoisotopic (exact) mass is 583 g/mol. The number of hydrogen-bond donors (Lipinski definition) is 2. The largest absolute Gasteiger partial charge is 0.497 e. The first-order valence-corrected chi connectivity index (χ1v) is 13.8. The third-order valence-corrected chi connectivity index (χ3v) is 8.55. The van der Waals surface area contributed by atoms with Gasteiger partial charge < -0.3 is 9.64 Å². The van der Waals surface area contributed by atoms with Gasteiger partial charge in [0.05, 0.1) is 18.0 Å². The number of alkyl halides is 2. The highest BCUT2D eigenvalue weighted by Crippen LogP contribution is 2.42. The van der Waals surface area contributed by atoms with Gasteiger partial charge in [0.2, 0.25) is 5.91 Å². The molecule has 0 spiro atoms. The average molecular weight is 584 g/mol. The number of carbonyl (C=O) groups excluding carboxylic acids is 1. The van der Waals surface area contributed by atoms with Gasteiger partial charge in [0, 0.05) is 46.0 Å². The van der Waals surface area contributed by atoms with E-state index in [9.17, 15) is 27.6 Å². The van der Waals surface area contributed by atoms with Crippen LogP contribution in [-0.4, -0.2) is 53.5 Å². The summed E-state index contributed by atoms with van der Waals surface area (Å²) < 4.78 is 75.7. The molecule has 0 radical (unpaired) electrons. The molecule has 1 amide bonds. The van der Waals surface area contributed by atoms with E-state index in [0.717, 1.165) is 17.8 Å². The number of hydrogen-bond acceptors (Lipinski definition) is 6. The van der Waals surface area contributed by atoms with Crippen molar-refractivity contribution in [1.82, 2.24) is 15.4 Å². The van der Waals surface area contributed by atoms with Crippen LogP contribution in [0, 0.1) is 22.9 Å². The molecule has 0 bridgehead atoms. The number of halogens is 5. The van der Waals surface area contributed by atoms with Gasteiger partial charge in [0.25, 0.3) is 0 Å². The van der Waals surface area contributed by atoms with Crippen molar-refractivity contribution in [3.05, 3.63) is 65.1 Å². The molecule has 1 saturated heterocycles. The number of hydroxylamine groups is 1. The summed E-state index contributed by atoms with van der Waals surface area (Å²) in [5, 5.41) is 9.88. The molecule has 2 N–H and O–H groups in total. The molecule has 1 aliphatic heterocycles. The maximum Gasteiger partial charge on any atom is 0.249 e. The Kier molecular flexibility index (Phi) is 9.85. The highest BCUT2D eigenvalue weighted by atomic mass is 32.2. The van der Waals surface area contributed by atoms with Crippen LogP contribution in [0.2, 0.25) is 0 Å². The van der Waals surface area contributed by atoms with Crippen LogP contribution in [0.15, 0.2) is 41.4 Å². The summed E-state index contributed by atoms with van der Waals surface area (Å²) in [7, 11) is 1.47. The van der Waals surface area contributed by atoms with Gasteiger partial charge in [-0.3, -0.25) is 15.0 Å². The number of ether oxygens (including phenoxy) is 1. The first-order valence-electron chi connectivity index (χ1n) is 12.8. The summed E-state index contributed by atoms with van der Waals surface area (Å²) in [5.41, 5.74) is 1.45. The Hall–Kier alpha value is -2.96. The van der Waals surface area contributed by atoms with Crippen molar-refractivity contribution in [2.24, 2.45) is 5.41 Å². The van der Waals surface area contributed by atoms with Crippen LogP contribution >= 0.6 is 11.8 Å². The van der Waals surface area contributed by atoms with E-state index in [1.54, 1.807) is 23.7 Å². The standard InChI is InChI=1S/C28H30F5N3O3S/c1-39-19-2-3-23-20(14-19)25(17(15-29)16-34-23)21(31)4-5-28(27(37)35-38)6-8-36(9-7-28)10-11-40-24-13-18(30)12-22(32)26(24)33/h2-3,12-14,16,21,38H,4-11,15H2,1H3,(H,35,37). The number of rotatable bonds is 11. The van der Waals surface area contributed by atoms with Crippen molar-refractivity contribution in [3.8, 4) is 5.75 Å². The molecular weight excluding hydrogens is 553 g/mol. The molecule has 1 unspecified atom stereocenters. The van der Waals surface area contributed by atoms with Crippen molar-refractivity contribution in [2.75, 3.05) is 32.5 Å². The number of carbonyl (C=O) groups is 1. The normalized spacial score (nSPS) is 16.2. The van der Waals surface area contributed by atoms with Crippen molar-refractivity contribution < 1.29 is 36.7 Å². The number of thioether (sulfide) groups is 1. The Bertz CT molecular complexity index is 1350. The van der Waals surface area contributed by atoms with Crippen LogP contribution in [0.3, 0.4) is 0 Å². The van der Waals surface area contributed by atoms with Gasteiger partial charge in [-0.2, -0.15) is 0 Å². The number of methoxy groups -OCH3 is 1. The molecule has 216 valence electrons. The van der Waals surface area contributed by atoms with Gasteiger partial charge in [-0.05, 0) is 63.0 Å². The number of pyridine rings is 1. The Labute approximate surface area is 232 Å². The lowest BCUT2D eigenvalue weighted by Gasteiger charge is -2.40. The SMILES string of the molecule is COc1ccc2ncc(CF)c(C(F)CCC3(C(=O)NO)CCN(CCSc4cc(F)cc(F)c4F)CC3)c2c1. The van der Waals surface area contributed by atoms with E-state index in [1.807, 2.05) is 4.90 Å². The van der Waals surface area contributed by atoms with Gasteiger partial charge in [0.15, 0.2) is 11.6 Å². The number of amides is 1. The van der Waals surface area contributed by atoms with Crippen LogP contribution in [0.5, 0.6) is 5.75 Å².